The minimum Gasteiger partial charge on any atom is -0.480 e. The van der Waals surface area contributed by atoms with E-state index in [0.717, 1.165) is 0 Å². The molecular formula is C28H12Cl2N2O8. The van der Waals surface area contributed by atoms with Crippen LogP contribution in [0.4, 0.5) is 0 Å². The molecule has 0 saturated heterocycles. The van der Waals surface area contributed by atoms with Gasteiger partial charge >= 0.3 is 11.9 Å². The van der Waals surface area contributed by atoms with Crippen LogP contribution in [0.15, 0.2) is 36.4 Å². The molecule has 0 fully saturated rings. The van der Waals surface area contributed by atoms with Gasteiger partial charge in [-0.3, -0.25) is 38.6 Å². The molecule has 0 bridgehead atoms. The number of amides is 4. The minimum atomic E-state index is -1.35. The largest absolute Gasteiger partial charge is 0.480 e. The van der Waals surface area contributed by atoms with E-state index in [1.165, 1.54) is 24.3 Å². The van der Waals surface area contributed by atoms with Gasteiger partial charge in [0.1, 0.15) is 13.1 Å². The molecular weight excluding hydrogens is 563 g/mol. The van der Waals surface area contributed by atoms with Gasteiger partial charge in [-0.15, -0.1) is 0 Å². The fourth-order valence-electron chi connectivity index (χ4n) is 6.03. The number of fused-ring (bicyclic) bond motifs is 2. The van der Waals surface area contributed by atoms with Gasteiger partial charge in [-0.2, -0.15) is 0 Å². The van der Waals surface area contributed by atoms with Crippen molar-refractivity contribution in [2.24, 2.45) is 0 Å². The third-order valence-corrected chi connectivity index (χ3v) is 8.09. The van der Waals surface area contributed by atoms with Crippen LogP contribution in [-0.2, 0) is 9.59 Å². The summed E-state index contributed by atoms with van der Waals surface area (Å²) < 4.78 is 0. The zero-order valence-corrected chi connectivity index (χ0v) is 21.4. The van der Waals surface area contributed by atoms with Gasteiger partial charge in [0.05, 0.1) is 11.1 Å². The number of aliphatic carboxylic acids is 2. The topological polar surface area (TPSA) is 149 Å². The van der Waals surface area contributed by atoms with Gasteiger partial charge in [0, 0.05) is 53.5 Å². The Bertz CT molecular complexity index is 1990. The van der Waals surface area contributed by atoms with Gasteiger partial charge in [0.25, 0.3) is 23.6 Å². The van der Waals surface area contributed by atoms with Gasteiger partial charge < -0.3 is 10.2 Å². The highest BCUT2D eigenvalue weighted by Gasteiger charge is 2.39. The lowest BCUT2D eigenvalue weighted by atomic mass is 9.82. The Balaban J connectivity index is 1.65. The van der Waals surface area contributed by atoms with Crippen LogP contribution in [0.3, 0.4) is 0 Å². The number of benzene rings is 5. The monoisotopic (exact) mass is 574 g/mol. The fourth-order valence-corrected chi connectivity index (χ4v) is 6.64. The Hall–Kier alpha value is -4.80. The van der Waals surface area contributed by atoms with E-state index in [1.54, 1.807) is 12.1 Å². The summed E-state index contributed by atoms with van der Waals surface area (Å²) in [4.78, 5) is 77.1. The van der Waals surface area contributed by atoms with Crippen LogP contribution in [0.1, 0.15) is 41.4 Å². The van der Waals surface area contributed by atoms with E-state index in [4.69, 9.17) is 23.2 Å². The predicted octanol–water partition coefficient (Wildman–Crippen LogP) is 4.41. The SMILES string of the molecule is O=C(O)CN1C(=O)c2ccc3c4c(Cl)cc5c6c(ccc(c7c(Cl)cc(c2c37)C1=O)c64)C(=O)N(CC(=O)O)C5=O. The van der Waals surface area contributed by atoms with Crippen molar-refractivity contribution in [3.63, 3.8) is 0 Å². The molecule has 12 heteroatoms. The highest BCUT2D eigenvalue weighted by molar-refractivity contribution is 6.50. The average molecular weight is 575 g/mol. The standard InChI is InChI=1S/C28H12Cl2N2O8/c29-15-5-14-20-12(26(38)32(28(14)40)8-18(35)36)4-2-10-22-16(30)6-13-19-11(25(37)31(27(13)39)7-17(33)34)3-1-9(23(19)22)21(15)24(10)20/h1-6H,7-8H2,(H,33,34)(H,35,36). The maximum atomic E-state index is 13.3. The molecule has 0 aliphatic carbocycles. The number of halogens is 2. The second-order valence-electron chi connectivity index (χ2n) is 9.56. The number of imide groups is 2. The Labute approximate surface area is 232 Å². The summed E-state index contributed by atoms with van der Waals surface area (Å²) in [6.07, 6.45) is 0. The van der Waals surface area contributed by atoms with Crippen LogP contribution in [0.2, 0.25) is 10.0 Å². The minimum absolute atomic E-state index is 0.0568. The smallest absolute Gasteiger partial charge is 0.323 e. The summed E-state index contributed by atoms with van der Waals surface area (Å²) >= 11 is 13.5. The van der Waals surface area contributed by atoms with Crippen LogP contribution < -0.4 is 0 Å². The van der Waals surface area contributed by atoms with E-state index in [2.05, 4.69) is 0 Å². The van der Waals surface area contributed by atoms with Crippen molar-refractivity contribution in [2.45, 2.75) is 0 Å². The van der Waals surface area contributed by atoms with Crippen molar-refractivity contribution in [1.29, 1.82) is 0 Å². The average Bonchev–Trinajstić information content (AvgIpc) is 2.90. The van der Waals surface area contributed by atoms with E-state index in [0.29, 0.717) is 52.9 Å². The number of rotatable bonds is 4. The summed E-state index contributed by atoms with van der Waals surface area (Å²) in [5, 5.41) is 22.2. The molecule has 0 unspecified atom stereocenters. The third-order valence-electron chi connectivity index (χ3n) is 7.50. The van der Waals surface area contributed by atoms with Gasteiger partial charge in [-0.25, -0.2) is 0 Å². The van der Waals surface area contributed by atoms with Crippen molar-refractivity contribution < 1.29 is 39.0 Å². The lowest BCUT2D eigenvalue weighted by Gasteiger charge is -2.29. The first kappa shape index (κ1) is 24.3. The number of carboxylic acid groups (broad SMARTS) is 2. The molecule has 196 valence electrons. The van der Waals surface area contributed by atoms with Crippen LogP contribution in [0, 0.1) is 0 Å². The second kappa shape index (κ2) is 7.87. The molecule has 2 aliphatic rings. The Morgan fingerprint density at radius 2 is 0.900 bits per heavy atom. The lowest BCUT2D eigenvalue weighted by molar-refractivity contribution is -0.138. The maximum Gasteiger partial charge on any atom is 0.323 e. The van der Waals surface area contributed by atoms with E-state index >= 15 is 0 Å². The molecule has 0 saturated carbocycles. The normalized spacial score (nSPS) is 14.9. The molecule has 0 atom stereocenters. The molecule has 7 rings (SSSR count). The highest BCUT2D eigenvalue weighted by atomic mass is 35.5. The van der Waals surface area contributed by atoms with Gasteiger partial charge in [-0.05, 0) is 35.0 Å². The zero-order chi connectivity index (χ0) is 28.4. The first-order valence-electron chi connectivity index (χ1n) is 11.8. The van der Waals surface area contributed by atoms with Crippen LogP contribution in [0.5, 0.6) is 0 Å². The number of carboxylic acids is 2. The van der Waals surface area contributed by atoms with Crippen LogP contribution >= 0.6 is 23.2 Å². The van der Waals surface area contributed by atoms with Crippen molar-refractivity contribution in [3.05, 3.63) is 68.7 Å². The number of nitrogens with zero attached hydrogens (tertiary/aromatic N) is 2. The third kappa shape index (κ3) is 2.89. The summed E-state index contributed by atoms with van der Waals surface area (Å²) in [6, 6.07) is 8.92. The second-order valence-corrected chi connectivity index (χ2v) is 10.4. The number of hydrogen-bond donors (Lipinski definition) is 2. The molecule has 0 aromatic heterocycles. The van der Waals surface area contributed by atoms with Crippen LogP contribution in [0.25, 0.3) is 43.1 Å². The molecule has 0 spiro atoms. The highest BCUT2D eigenvalue weighted by Crippen LogP contribution is 2.50. The van der Waals surface area contributed by atoms with Gasteiger partial charge in [-0.1, -0.05) is 35.3 Å². The fraction of sp³-hybridized carbons (Fsp3) is 0.0714. The number of hydrogen-bond acceptors (Lipinski definition) is 6. The lowest BCUT2D eigenvalue weighted by Crippen LogP contribution is -2.43. The molecule has 2 N–H and O–H groups in total. The summed E-state index contributed by atoms with van der Waals surface area (Å²) in [6.45, 7) is -1.64. The molecule has 2 aliphatic heterocycles. The first-order valence-corrected chi connectivity index (χ1v) is 12.5. The van der Waals surface area contributed by atoms with Gasteiger partial charge in [0.15, 0.2) is 0 Å². The van der Waals surface area contributed by atoms with E-state index in [-0.39, 0.29) is 32.3 Å². The van der Waals surface area contributed by atoms with Crippen molar-refractivity contribution >= 4 is 102 Å². The summed E-state index contributed by atoms with van der Waals surface area (Å²) in [7, 11) is 0. The molecule has 10 nitrogen and oxygen atoms in total. The molecule has 5 aromatic carbocycles. The Morgan fingerprint density at radius 3 is 1.25 bits per heavy atom. The molecule has 0 radical (unpaired) electrons. The van der Waals surface area contributed by atoms with E-state index < -0.39 is 48.7 Å². The summed E-state index contributed by atoms with van der Waals surface area (Å²) in [5.41, 5.74) is 0.349. The molecule has 4 amide bonds. The summed E-state index contributed by atoms with van der Waals surface area (Å²) in [5.74, 6) is -5.85. The van der Waals surface area contributed by atoms with Crippen molar-refractivity contribution in [2.75, 3.05) is 13.1 Å². The first-order chi connectivity index (χ1) is 19.0. The quantitative estimate of drug-likeness (QED) is 0.182. The van der Waals surface area contributed by atoms with Gasteiger partial charge in [0.2, 0.25) is 0 Å². The number of carbonyl (C=O) groups is 6. The van der Waals surface area contributed by atoms with E-state index in [9.17, 15) is 39.0 Å². The Kier molecular flexibility index (Phi) is 4.77. The predicted molar refractivity (Wildman–Crippen MR) is 144 cm³/mol. The Morgan fingerprint density at radius 1 is 0.550 bits per heavy atom. The molecule has 5 aromatic rings. The van der Waals surface area contributed by atoms with E-state index in [1.807, 2.05) is 0 Å². The number of carbonyl (C=O) groups excluding carboxylic acids is 4. The molecule has 40 heavy (non-hydrogen) atoms. The van der Waals surface area contributed by atoms with Crippen molar-refractivity contribution in [3.8, 4) is 0 Å². The van der Waals surface area contributed by atoms with Crippen molar-refractivity contribution in [1.82, 2.24) is 9.80 Å². The zero-order valence-electron chi connectivity index (χ0n) is 19.9. The maximum absolute atomic E-state index is 13.3. The van der Waals surface area contributed by atoms with Crippen LogP contribution in [-0.4, -0.2) is 68.7 Å². The molecule has 2 heterocycles.